The van der Waals surface area contributed by atoms with E-state index in [2.05, 4.69) is 93.5 Å². The molecule has 0 N–H and O–H groups in total. The SMILES string of the molecule is CCCCCCCCOc1c2cc(C(C)(C)C)sc2c(OCCCCCCCC)c2cc(-c3cc(CCCCCCCC)c(-c4nc5sc(-c6sc(C(C)(C)C)cc6CCCCCCCC)nc5s4)s3)sc12. The van der Waals surface area contributed by atoms with Crippen LogP contribution in [0.15, 0.2) is 24.3 Å². The Morgan fingerprint density at radius 3 is 1.26 bits per heavy atom. The van der Waals surface area contributed by atoms with Crippen LogP contribution in [0.1, 0.15) is 244 Å². The van der Waals surface area contributed by atoms with Gasteiger partial charge in [0.15, 0.2) is 9.66 Å². The van der Waals surface area contributed by atoms with Gasteiger partial charge in [-0.15, -0.1) is 45.3 Å². The molecule has 0 unspecified atom stereocenters. The van der Waals surface area contributed by atoms with Crippen LogP contribution in [0.3, 0.4) is 0 Å². The molecule has 6 heterocycles. The molecule has 4 nitrogen and oxygen atoms in total. The van der Waals surface area contributed by atoms with Crippen LogP contribution in [-0.4, -0.2) is 23.2 Å². The summed E-state index contributed by atoms with van der Waals surface area (Å²) in [5.74, 6) is 2.12. The zero-order valence-corrected chi connectivity index (χ0v) is 51.2. The predicted octanol–water partition coefficient (Wildman–Crippen LogP) is 23.2. The standard InChI is InChI=1S/C62H90N2O2S6/c1-11-15-19-23-27-31-35-43-39-47(67-53(43)57-63-59-60(71-57)64-58(72-59)54-44(36-32-28-24-20-16-12-2)40-49(69-54)61(5,6)7)48-41-45-51(65-37-33-29-25-21-17-13-3)56-46(42-50(70-56)62(8,9)10)52(55(45)68-48)66-38-34-30-26-22-18-14-4/h39-42H,11-38H2,1-10H3. The maximum Gasteiger partial charge on any atom is 0.155 e. The fraction of sp³-hybridized carbons (Fsp3) is 0.645. The van der Waals surface area contributed by atoms with Gasteiger partial charge in [0.05, 0.1) is 32.4 Å². The molecule has 7 aromatic rings. The lowest BCUT2D eigenvalue weighted by Gasteiger charge is -2.15. The second-order valence-corrected chi connectivity index (χ2v) is 28.9. The van der Waals surface area contributed by atoms with Gasteiger partial charge in [-0.05, 0) is 84.7 Å². The van der Waals surface area contributed by atoms with E-state index in [1.54, 1.807) is 22.7 Å². The van der Waals surface area contributed by atoms with E-state index in [-0.39, 0.29) is 10.8 Å². The summed E-state index contributed by atoms with van der Waals surface area (Å²) in [6, 6.07) is 9.91. The first kappa shape index (κ1) is 57.4. The van der Waals surface area contributed by atoms with Gasteiger partial charge < -0.3 is 9.47 Å². The molecular weight excluding hydrogens is 997 g/mol. The van der Waals surface area contributed by atoms with E-state index in [0.717, 1.165) is 70.1 Å². The Morgan fingerprint density at radius 2 is 0.778 bits per heavy atom. The summed E-state index contributed by atoms with van der Waals surface area (Å²) in [5.41, 5.74) is 3.07. The highest BCUT2D eigenvalue weighted by Crippen LogP contribution is 2.54. The van der Waals surface area contributed by atoms with Crippen LogP contribution in [0.4, 0.5) is 0 Å². The number of thiophene rings is 4. The van der Waals surface area contributed by atoms with Gasteiger partial charge in [0.1, 0.15) is 21.5 Å². The Hall–Kier alpha value is -2.34. The normalized spacial score (nSPS) is 12.5. The Morgan fingerprint density at radius 1 is 0.389 bits per heavy atom. The van der Waals surface area contributed by atoms with E-state index < -0.39 is 0 Å². The first-order valence-electron chi connectivity index (χ1n) is 28.7. The molecule has 396 valence electrons. The van der Waals surface area contributed by atoms with Crippen LogP contribution in [0.5, 0.6) is 11.5 Å². The number of thiazole rings is 2. The third-order valence-electron chi connectivity index (χ3n) is 14.2. The van der Waals surface area contributed by atoms with Crippen molar-refractivity contribution in [1.29, 1.82) is 0 Å². The van der Waals surface area contributed by atoms with Crippen molar-refractivity contribution >= 4 is 97.9 Å². The van der Waals surface area contributed by atoms with Crippen LogP contribution in [-0.2, 0) is 23.7 Å². The summed E-state index contributed by atoms with van der Waals surface area (Å²) in [4.78, 5) is 21.2. The molecule has 0 fully saturated rings. The Kier molecular flexibility index (Phi) is 22.4. The molecule has 0 aliphatic rings. The van der Waals surface area contributed by atoms with Crippen molar-refractivity contribution in [2.75, 3.05) is 13.2 Å². The smallest absolute Gasteiger partial charge is 0.155 e. The predicted molar refractivity (Wildman–Crippen MR) is 327 cm³/mol. The van der Waals surface area contributed by atoms with Crippen LogP contribution in [0.25, 0.3) is 59.4 Å². The lowest BCUT2D eigenvalue weighted by Crippen LogP contribution is -2.08. The molecule has 0 saturated heterocycles. The number of ether oxygens (including phenoxy) is 2. The van der Waals surface area contributed by atoms with Crippen LogP contribution < -0.4 is 9.47 Å². The third kappa shape index (κ3) is 15.4. The minimum Gasteiger partial charge on any atom is -0.491 e. The zero-order valence-electron chi connectivity index (χ0n) is 46.3. The summed E-state index contributed by atoms with van der Waals surface area (Å²) in [7, 11) is 0. The first-order valence-corrected chi connectivity index (χ1v) is 33.6. The van der Waals surface area contributed by atoms with Gasteiger partial charge in [-0.25, -0.2) is 9.97 Å². The van der Waals surface area contributed by atoms with E-state index >= 15 is 0 Å². The number of rotatable bonds is 33. The van der Waals surface area contributed by atoms with E-state index in [1.165, 1.54) is 202 Å². The second kappa shape index (κ2) is 28.2. The van der Waals surface area contributed by atoms with Gasteiger partial charge in [-0.2, -0.15) is 0 Å². The number of aromatic nitrogens is 2. The monoisotopic (exact) mass is 1090 g/mol. The number of nitrogens with zero attached hydrogens (tertiary/aromatic N) is 2. The zero-order chi connectivity index (χ0) is 51.1. The summed E-state index contributed by atoms with van der Waals surface area (Å²) >= 11 is 11.3. The summed E-state index contributed by atoms with van der Waals surface area (Å²) < 4.78 is 16.5. The molecule has 6 aromatic heterocycles. The maximum absolute atomic E-state index is 7.02. The molecule has 0 radical (unpaired) electrons. The summed E-state index contributed by atoms with van der Waals surface area (Å²) in [6.45, 7) is 24.8. The molecule has 0 spiro atoms. The molecule has 7 rings (SSSR count). The number of fused-ring (bicyclic) bond motifs is 3. The van der Waals surface area contributed by atoms with E-state index in [4.69, 9.17) is 19.4 Å². The van der Waals surface area contributed by atoms with Crippen molar-refractivity contribution in [2.24, 2.45) is 0 Å². The highest BCUT2D eigenvalue weighted by atomic mass is 32.1. The number of benzene rings is 1. The summed E-state index contributed by atoms with van der Waals surface area (Å²) in [5, 5.41) is 4.72. The van der Waals surface area contributed by atoms with E-state index in [9.17, 15) is 0 Å². The highest BCUT2D eigenvalue weighted by molar-refractivity contribution is 7.33. The van der Waals surface area contributed by atoms with E-state index in [0.29, 0.717) is 0 Å². The third-order valence-corrected chi connectivity index (χ3v) is 22.2. The lowest BCUT2D eigenvalue weighted by atomic mass is 9.93. The quantitative estimate of drug-likeness (QED) is 0.0385. The summed E-state index contributed by atoms with van der Waals surface area (Å²) in [6.07, 6.45) is 32.8. The van der Waals surface area contributed by atoms with Gasteiger partial charge in [-0.1, -0.05) is 220 Å². The average molecular weight is 1090 g/mol. The molecule has 0 amide bonds. The first-order chi connectivity index (χ1) is 34.8. The van der Waals surface area contributed by atoms with Crippen LogP contribution >= 0.6 is 68.0 Å². The molecule has 0 bridgehead atoms. The number of unbranched alkanes of at least 4 members (excludes halogenated alkanes) is 20. The van der Waals surface area contributed by atoms with Crippen molar-refractivity contribution in [3.05, 3.63) is 45.1 Å². The average Bonchev–Trinajstić information content (AvgIpc) is 4.21. The Balaban J connectivity index is 1.25. The molecule has 0 saturated carbocycles. The van der Waals surface area contributed by atoms with Gasteiger partial charge in [0.2, 0.25) is 0 Å². The largest absolute Gasteiger partial charge is 0.491 e. The van der Waals surface area contributed by atoms with Crippen molar-refractivity contribution in [2.45, 2.75) is 247 Å². The Bertz CT molecular complexity index is 2600. The molecule has 0 atom stereocenters. The number of hydrogen-bond acceptors (Lipinski definition) is 10. The number of aryl methyl sites for hydroxylation is 2. The molecule has 1 aromatic carbocycles. The molecule has 10 heteroatoms. The lowest BCUT2D eigenvalue weighted by molar-refractivity contribution is 0.307. The van der Waals surface area contributed by atoms with Gasteiger partial charge in [0, 0.05) is 30.3 Å². The molecule has 0 aliphatic heterocycles. The van der Waals surface area contributed by atoms with E-state index in [1.807, 2.05) is 45.3 Å². The van der Waals surface area contributed by atoms with Crippen molar-refractivity contribution in [3.8, 4) is 41.0 Å². The fourth-order valence-electron chi connectivity index (χ4n) is 9.70. The second-order valence-electron chi connectivity index (χ2n) is 22.7. The van der Waals surface area contributed by atoms with Gasteiger partial charge in [-0.3, -0.25) is 0 Å². The molecule has 72 heavy (non-hydrogen) atoms. The van der Waals surface area contributed by atoms with Crippen molar-refractivity contribution in [1.82, 2.24) is 9.97 Å². The fourth-order valence-corrected chi connectivity index (χ4v) is 16.9. The molecular formula is C62H90N2O2S6. The van der Waals surface area contributed by atoms with Crippen molar-refractivity contribution < 1.29 is 9.47 Å². The van der Waals surface area contributed by atoms with Gasteiger partial charge in [0.25, 0.3) is 0 Å². The van der Waals surface area contributed by atoms with Crippen LogP contribution in [0, 0.1) is 0 Å². The van der Waals surface area contributed by atoms with Gasteiger partial charge >= 0.3 is 0 Å². The highest BCUT2D eigenvalue weighted by Gasteiger charge is 2.28. The topological polar surface area (TPSA) is 44.2 Å². The van der Waals surface area contributed by atoms with Crippen molar-refractivity contribution in [3.63, 3.8) is 0 Å². The molecule has 0 aliphatic carbocycles. The minimum absolute atomic E-state index is 0.0342. The minimum atomic E-state index is 0.0342. The number of hydrogen-bond donors (Lipinski definition) is 0. The maximum atomic E-state index is 7.02. The van der Waals surface area contributed by atoms with Crippen LogP contribution in [0.2, 0.25) is 0 Å². The Labute approximate surface area is 460 Å².